The van der Waals surface area contributed by atoms with E-state index < -0.39 is 11.7 Å². The summed E-state index contributed by atoms with van der Waals surface area (Å²) in [7, 11) is 0. The van der Waals surface area contributed by atoms with E-state index in [2.05, 4.69) is 15.3 Å². The highest BCUT2D eigenvalue weighted by Gasteiger charge is 2.32. The van der Waals surface area contributed by atoms with Gasteiger partial charge in [0.2, 0.25) is 0 Å². The van der Waals surface area contributed by atoms with Gasteiger partial charge in [0.15, 0.2) is 0 Å². The molecule has 0 aliphatic carbocycles. The Kier molecular flexibility index (Phi) is 3.32. The molecule has 1 aliphatic rings. The summed E-state index contributed by atoms with van der Waals surface area (Å²) in [5.41, 5.74) is 0.520. The monoisotopic (exact) mass is 292 g/mol. The molecule has 0 saturated heterocycles. The predicted octanol–water partition coefficient (Wildman–Crippen LogP) is 4.03. The molecule has 0 radical (unpaired) electrons. The maximum absolute atomic E-state index is 12.8. The van der Waals surface area contributed by atoms with Gasteiger partial charge in [-0.25, -0.2) is 5.01 Å². The Bertz CT molecular complexity index is 655. The van der Waals surface area contributed by atoms with Gasteiger partial charge >= 0.3 is 6.18 Å². The summed E-state index contributed by atoms with van der Waals surface area (Å²) in [5, 5.41) is 9.38. The van der Waals surface area contributed by atoms with E-state index in [-0.39, 0.29) is 6.04 Å². The van der Waals surface area contributed by atoms with Gasteiger partial charge in [0.1, 0.15) is 6.04 Å². The lowest BCUT2D eigenvalue weighted by Gasteiger charge is -2.22. The molecule has 1 aromatic carbocycles. The number of rotatable bonds is 2. The van der Waals surface area contributed by atoms with Gasteiger partial charge in [-0.3, -0.25) is 4.98 Å². The maximum Gasteiger partial charge on any atom is 0.416 e. The summed E-state index contributed by atoms with van der Waals surface area (Å²) >= 11 is 0. The zero-order valence-electron chi connectivity index (χ0n) is 10.8. The molecule has 3 rings (SSSR count). The molecule has 0 bridgehead atoms. The number of nitrogens with zero attached hydrogens (tertiary/aromatic N) is 4. The van der Waals surface area contributed by atoms with Crippen molar-refractivity contribution in [2.75, 3.05) is 11.6 Å². The van der Waals surface area contributed by atoms with Crippen LogP contribution in [0.2, 0.25) is 0 Å². The Labute approximate surface area is 118 Å². The van der Waals surface area contributed by atoms with Gasteiger partial charge in [-0.15, -0.1) is 0 Å². The van der Waals surface area contributed by atoms with E-state index in [1.165, 1.54) is 11.1 Å². The van der Waals surface area contributed by atoms with Crippen LogP contribution in [0.1, 0.15) is 17.2 Å². The summed E-state index contributed by atoms with van der Waals surface area (Å²) in [4.78, 5) is 4.02. The Hall–Kier alpha value is -2.44. The second-order valence-electron chi connectivity index (χ2n) is 4.61. The molecule has 2 heterocycles. The lowest BCUT2D eigenvalue weighted by atomic mass is 10.1. The number of halogens is 3. The normalized spacial score (nSPS) is 18.2. The second-order valence-corrected chi connectivity index (χ2v) is 4.61. The number of benzene rings is 1. The second kappa shape index (κ2) is 5.16. The van der Waals surface area contributed by atoms with Crippen LogP contribution in [0.4, 0.5) is 18.9 Å². The van der Waals surface area contributed by atoms with Crippen molar-refractivity contribution in [1.29, 1.82) is 0 Å². The molecule has 0 amide bonds. The largest absolute Gasteiger partial charge is 0.416 e. The molecular weight excluding hydrogens is 281 g/mol. The molecule has 2 aromatic rings. The highest BCUT2D eigenvalue weighted by Crippen LogP contribution is 2.36. The molecule has 108 valence electrons. The Morgan fingerprint density at radius 1 is 1.14 bits per heavy atom. The minimum Gasteiger partial charge on any atom is -0.264 e. The Morgan fingerprint density at radius 3 is 2.71 bits per heavy atom. The number of hydrogen-bond donors (Lipinski definition) is 0. The number of aromatic nitrogens is 1. The van der Waals surface area contributed by atoms with Gasteiger partial charge in [0.25, 0.3) is 0 Å². The fourth-order valence-electron chi connectivity index (χ4n) is 2.20. The van der Waals surface area contributed by atoms with Crippen molar-refractivity contribution >= 4 is 5.69 Å². The van der Waals surface area contributed by atoms with Crippen LogP contribution < -0.4 is 5.01 Å². The van der Waals surface area contributed by atoms with Gasteiger partial charge in [-0.2, -0.15) is 18.3 Å². The quantitative estimate of drug-likeness (QED) is 0.838. The van der Waals surface area contributed by atoms with Crippen LogP contribution >= 0.6 is 0 Å². The van der Waals surface area contributed by atoms with Crippen molar-refractivity contribution in [2.45, 2.75) is 12.2 Å². The van der Waals surface area contributed by atoms with Crippen molar-refractivity contribution in [3.05, 3.63) is 59.9 Å². The molecule has 4 nitrogen and oxygen atoms in total. The first-order valence-corrected chi connectivity index (χ1v) is 6.29. The predicted molar refractivity (Wildman–Crippen MR) is 70.6 cm³/mol. The van der Waals surface area contributed by atoms with Gasteiger partial charge < -0.3 is 0 Å². The first-order chi connectivity index (χ1) is 10.1. The molecule has 1 unspecified atom stereocenters. The zero-order chi connectivity index (χ0) is 14.9. The van der Waals surface area contributed by atoms with Crippen molar-refractivity contribution in [1.82, 2.24) is 4.98 Å². The molecule has 1 aliphatic heterocycles. The minimum atomic E-state index is -4.38. The summed E-state index contributed by atoms with van der Waals surface area (Å²) in [6.07, 6.45) is -1.07. The first-order valence-electron chi connectivity index (χ1n) is 6.29. The molecule has 21 heavy (non-hydrogen) atoms. The molecule has 0 saturated carbocycles. The summed E-state index contributed by atoms with van der Waals surface area (Å²) in [6, 6.07) is 8.47. The zero-order valence-corrected chi connectivity index (χ0v) is 10.8. The molecule has 0 fully saturated rings. The molecule has 0 spiro atoms. The summed E-state index contributed by atoms with van der Waals surface area (Å²) in [6.45, 7) is 0.391. The van der Waals surface area contributed by atoms with Crippen LogP contribution in [0, 0.1) is 0 Å². The van der Waals surface area contributed by atoms with E-state index in [1.807, 2.05) is 6.07 Å². The van der Waals surface area contributed by atoms with Crippen molar-refractivity contribution in [3.63, 3.8) is 0 Å². The van der Waals surface area contributed by atoms with Gasteiger partial charge in [-0.05, 0) is 29.8 Å². The van der Waals surface area contributed by atoms with Crippen LogP contribution in [-0.4, -0.2) is 11.5 Å². The topological polar surface area (TPSA) is 40.9 Å². The van der Waals surface area contributed by atoms with E-state index in [9.17, 15) is 13.2 Å². The van der Waals surface area contributed by atoms with Crippen molar-refractivity contribution in [3.8, 4) is 0 Å². The summed E-state index contributed by atoms with van der Waals surface area (Å²) < 4.78 is 38.4. The van der Waals surface area contributed by atoms with Crippen LogP contribution in [0.3, 0.4) is 0 Å². The number of hydrogen-bond acceptors (Lipinski definition) is 4. The van der Waals surface area contributed by atoms with Gasteiger partial charge in [0, 0.05) is 12.4 Å². The van der Waals surface area contributed by atoms with Crippen LogP contribution in [0.5, 0.6) is 0 Å². The number of anilines is 1. The molecule has 1 atom stereocenters. The lowest BCUT2D eigenvalue weighted by Crippen LogP contribution is -2.21. The Balaban J connectivity index is 1.94. The van der Waals surface area contributed by atoms with E-state index in [4.69, 9.17) is 0 Å². The smallest absolute Gasteiger partial charge is 0.264 e. The third-order valence-corrected chi connectivity index (χ3v) is 3.22. The van der Waals surface area contributed by atoms with Crippen molar-refractivity contribution < 1.29 is 13.2 Å². The molecular formula is C14H11F3N4. The lowest BCUT2D eigenvalue weighted by molar-refractivity contribution is -0.137. The molecule has 1 aromatic heterocycles. The standard InChI is InChI=1S/C14H11F3N4/c15-14(16,17)11-4-1-5-12(7-11)21-13(9-19-20-21)10-3-2-6-18-8-10/h1-8,13H,9H2. The van der Waals surface area contributed by atoms with Crippen molar-refractivity contribution in [2.24, 2.45) is 10.3 Å². The minimum absolute atomic E-state index is 0.234. The first kappa shape index (κ1) is 13.5. The number of pyridine rings is 1. The third kappa shape index (κ3) is 2.72. The highest BCUT2D eigenvalue weighted by molar-refractivity contribution is 5.51. The average Bonchev–Trinajstić information content (AvgIpc) is 2.97. The molecule has 0 N–H and O–H groups in total. The van der Waals surface area contributed by atoms with E-state index in [1.54, 1.807) is 24.5 Å². The van der Waals surface area contributed by atoms with Crippen LogP contribution in [-0.2, 0) is 6.18 Å². The van der Waals surface area contributed by atoms with Gasteiger partial charge in [0.05, 0.1) is 17.8 Å². The van der Waals surface area contributed by atoms with Crippen LogP contribution in [0.15, 0.2) is 59.1 Å². The number of alkyl halides is 3. The van der Waals surface area contributed by atoms with E-state index >= 15 is 0 Å². The Morgan fingerprint density at radius 2 is 2.00 bits per heavy atom. The average molecular weight is 292 g/mol. The fourth-order valence-corrected chi connectivity index (χ4v) is 2.20. The fraction of sp³-hybridized carbons (Fsp3) is 0.214. The van der Waals surface area contributed by atoms with Crippen LogP contribution in [0.25, 0.3) is 0 Å². The highest BCUT2D eigenvalue weighted by atomic mass is 19.4. The third-order valence-electron chi connectivity index (χ3n) is 3.22. The van der Waals surface area contributed by atoms with E-state index in [0.29, 0.717) is 12.2 Å². The van der Waals surface area contributed by atoms with E-state index in [0.717, 1.165) is 17.7 Å². The van der Waals surface area contributed by atoms with Gasteiger partial charge in [-0.1, -0.05) is 17.4 Å². The SMILES string of the molecule is FC(F)(F)c1cccc(N2N=NCC2c2cccnc2)c1. The summed E-state index contributed by atoms with van der Waals surface area (Å²) in [5.74, 6) is 0. The maximum atomic E-state index is 12.8. The molecule has 7 heteroatoms.